The van der Waals surface area contributed by atoms with Gasteiger partial charge in [-0.15, -0.1) is 0 Å². The number of nitrogens with one attached hydrogen (secondary N) is 3. The second-order valence-electron chi connectivity index (χ2n) is 5.17. The number of anilines is 2. The summed E-state index contributed by atoms with van der Waals surface area (Å²) >= 11 is 0. The van der Waals surface area contributed by atoms with Crippen molar-refractivity contribution in [3.8, 4) is 5.75 Å². The van der Waals surface area contributed by atoms with Gasteiger partial charge in [0, 0.05) is 16.6 Å². The fourth-order valence-corrected chi connectivity index (χ4v) is 2.44. The summed E-state index contributed by atoms with van der Waals surface area (Å²) in [7, 11) is 0. The maximum absolute atomic E-state index is 12.4. The van der Waals surface area contributed by atoms with Gasteiger partial charge in [0.25, 0.3) is 11.8 Å². The number of ether oxygens (including phenoxy) is 1. The van der Waals surface area contributed by atoms with E-state index < -0.39 is 0 Å². The fraction of sp³-hybridized carbons (Fsp3) is 0.0625. The monoisotopic (exact) mass is 308 g/mol. The average Bonchev–Trinajstić information content (AvgIpc) is 3.01. The molecule has 7 heteroatoms. The van der Waals surface area contributed by atoms with Gasteiger partial charge in [0.15, 0.2) is 6.61 Å². The first-order chi connectivity index (χ1) is 11.2. The number of hydrogen-bond acceptors (Lipinski definition) is 4. The first-order valence-corrected chi connectivity index (χ1v) is 7.00. The number of H-pyrrole nitrogens is 1. The Morgan fingerprint density at radius 2 is 2.13 bits per heavy atom. The largest absolute Gasteiger partial charge is 0.482 e. The lowest BCUT2D eigenvalue weighted by molar-refractivity contribution is -0.118. The molecule has 23 heavy (non-hydrogen) atoms. The Morgan fingerprint density at radius 1 is 1.22 bits per heavy atom. The van der Waals surface area contributed by atoms with E-state index in [1.807, 2.05) is 12.1 Å². The molecule has 0 bridgehead atoms. The third-order valence-electron chi connectivity index (χ3n) is 3.57. The van der Waals surface area contributed by atoms with Gasteiger partial charge in [-0.1, -0.05) is 0 Å². The summed E-state index contributed by atoms with van der Waals surface area (Å²) in [4.78, 5) is 23.7. The Labute approximate surface area is 130 Å². The highest BCUT2D eigenvalue weighted by atomic mass is 16.5. The molecule has 2 amide bonds. The van der Waals surface area contributed by atoms with Gasteiger partial charge in [0.05, 0.1) is 17.4 Å². The number of carbonyl (C=O) groups excluding carboxylic acids is 2. The quantitative estimate of drug-likeness (QED) is 0.676. The lowest BCUT2D eigenvalue weighted by Crippen LogP contribution is -2.25. The van der Waals surface area contributed by atoms with Crippen LogP contribution in [0, 0.1) is 0 Å². The van der Waals surface area contributed by atoms with Gasteiger partial charge in [-0.05, 0) is 36.4 Å². The first kappa shape index (κ1) is 13.3. The number of amides is 2. The van der Waals surface area contributed by atoms with E-state index in [4.69, 9.17) is 4.74 Å². The number of aromatic amines is 1. The maximum Gasteiger partial charge on any atom is 0.262 e. The number of carbonyl (C=O) groups is 2. The molecule has 3 aromatic rings. The number of benzene rings is 2. The second-order valence-corrected chi connectivity index (χ2v) is 5.17. The van der Waals surface area contributed by atoms with Crippen LogP contribution < -0.4 is 15.4 Å². The van der Waals surface area contributed by atoms with Crippen molar-refractivity contribution in [3.63, 3.8) is 0 Å². The number of aromatic nitrogens is 2. The predicted octanol–water partition coefficient (Wildman–Crippen LogP) is 2.15. The van der Waals surface area contributed by atoms with Crippen LogP contribution in [0.5, 0.6) is 5.75 Å². The van der Waals surface area contributed by atoms with E-state index in [-0.39, 0.29) is 18.4 Å². The zero-order valence-electron chi connectivity index (χ0n) is 11.9. The average molecular weight is 308 g/mol. The lowest BCUT2D eigenvalue weighted by atomic mass is 10.1. The Morgan fingerprint density at radius 3 is 3.04 bits per heavy atom. The highest BCUT2D eigenvalue weighted by Crippen LogP contribution is 2.28. The topological polar surface area (TPSA) is 96.1 Å². The van der Waals surface area contributed by atoms with E-state index >= 15 is 0 Å². The summed E-state index contributed by atoms with van der Waals surface area (Å²) in [5.74, 6) is 0.0475. The summed E-state index contributed by atoms with van der Waals surface area (Å²) in [5.41, 5.74) is 2.43. The zero-order valence-corrected chi connectivity index (χ0v) is 11.9. The molecule has 0 aliphatic carbocycles. The molecule has 2 aromatic carbocycles. The summed E-state index contributed by atoms with van der Waals surface area (Å²) in [5, 5.41) is 13.3. The maximum atomic E-state index is 12.4. The molecule has 1 aromatic heterocycles. The van der Waals surface area contributed by atoms with Gasteiger partial charge >= 0.3 is 0 Å². The minimum atomic E-state index is -0.272. The highest BCUT2D eigenvalue weighted by Gasteiger charge is 2.18. The van der Waals surface area contributed by atoms with Gasteiger partial charge in [-0.2, -0.15) is 5.10 Å². The molecule has 2 heterocycles. The van der Waals surface area contributed by atoms with Crippen LogP contribution in [0.3, 0.4) is 0 Å². The van der Waals surface area contributed by atoms with Crippen LogP contribution in [-0.4, -0.2) is 28.6 Å². The van der Waals surface area contributed by atoms with Crippen molar-refractivity contribution in [2.24, 2.45) is 0 Å². The van der Waals surface area contributed by atoms with E-state index in [1.165, 1.54) is 0 Å². The summed E-state index contributed by atoms with van der Waals surface area (Å²) in [6.45, 7) is -0.0112. The molecule has 1 aliphatic heterocycles. The van der Waals surface area contributed by atoms with Crippen LogP contribution in [0.15, 0.2) is 42.6 Å². The number of nitrogens with zero attached hydrogens (tertiary/aromatic N) is 1. The second kappa shape index (κ2) is 5.13. The van der Waals surface area contributed by atoms with E-state index in [1.54, 1.807) is 30.5 Å². The van der Waals surface area contributed by atoms with Crippen LogP contribution in [0.2, 0.25) is 0 Å². The van der Waals surface area contributed by atoms with E-state index in [2.05, 4.69) is 20.8 Å². The van der Waals surface area contributed by atoms with E-state index in [0.717, 1.165) is 10.9 Å². The van der Waals surface area contributed by atoms with Crippen molar-refractivity contribution in [2.45, 2.75) is 0 Å². The summed E-state index contributed by atoms with van der Waals surface area (Å²) in [6.07, 6.45) is 1.72. The Balaban J connectivity index is 1.59. The van der Waals surface area contributed by atoms with E-state index in [9.17, 15) is 9.59 Å². The SMILES string of the molecule is O=C1COc2ccc(C(=O)Nc3ccc4cn[nH]c4c3)cc2N1. The number of fused-ring (bicyclic) bond motifs is 2. The molecule has 0 unspecified atom stereocenters. The molecule has 0 radical (unpaired) electrons. The molecule has 1 aliphatic rings. The minimum Gasteiger partial charge on any atom is -0.482 e. The molecule has 0 saturated carbocycles. The molecule has 7 nitrogen and oxygen atoms in total. The lowest BCUT2D eigenvalue weighted by Gasteiger charge is -2.18. The molecule has 0 saturated heterocycles. The van der Waals surface area contributed by atoms with Crippen molar-refractivity contribution in [3.05, 3.63) is 48.2 Å². The van der Waals surface area contributed by atoms with Crippen LogP contribution in [-0.2, 0) is 4.79 Å². The van der Waals surface area contributed by atoms with E-state index in [0.29, 0.717) is 22.7 Å². The third kappa shape index (κ3) is 2.48. The Hall–Kier alpha value is -3.35. The van der Waals surface area contributed by atoms with Crippen LogP contribution >= 0.6 is 0 Å². The molecule has 3 N–H and O–H groups in total. The predicted molar refractivity (Wildman–Crippen MR) is 84.6 cm³/mol. The molecule has 0 fully saturated rings. The van der Waals surface area contributed by atoms with Crippen molar-refractivity contribution < 1.29 is 14.3 Å². The van der Waals surface area contributed by atoms with Crippen LogP contribution in [0.1, 0.15) is 10.4 Å². The highest BCUT2D eigenvalue weighted by molar-refractivity contribution is 6.06. The smallest absolute Gasteiger partial charge is 0.262 e. The van der Waals surface area contributed by atoms with Gasteiger partial charge in [0.2, 0.25) is 0 Å². The first-order valence-electron chi connectivity index (χ1n) is 7.00. The van der Waals surface area contributed by atoms with Crippen molar-refractivity contribution in [1.29, 1.82) is 0 Å². The van der Waals surface area contributed by atoms with Gasteiger partial charge in [-0.3, -0.25) is 14.7 Å². The molecule has 0 atom stereocenters. The third-order valence-corrected chi connectivity index (χ3v) is 3.57. The summed E-state index contributed by atoms with van der Waals surface area (Å²) < 4.78 is 5.27. The normalized spacial score (nSPS) is 13.1. The van der Waals surface area contributed by atoms with Gasteiger partial charge in [0.1, 0.15) is 5.75 Å². The van der Waals surface area contributed by atoms with Crippen molar-refractivity contribution in [2.75, 3.05) is 17.2 Å². The Kier molecular flexibility index (Phi) is 2.97. The van der Waals surface area contributed by atoms with Crippen LogP contribution in [0.25, 0.3) is 10.9 Å². The van der Waals surface area contributed by atoms with Crippen molar-refractivity contribution in [1.82, 2.24) is 10.2 Å². The number of rotatable bonds is 2. The zero-order chi connectivity index (χ0) is 15.8. The standard InChI is InChI=1S/C16H12N4O3/c21-15-8-23-14-4-2-9(5-13(14)19-15)16(22)18-11-3-1-10-7-17-20-12(10)6-11/h1-7H,8H2,(H,17,20)(H,18,22)(H,19,21). The fourth-order valence-electron chi connectivity index (χ4n) is 2.44. The number of hydrogen-bond donors (Lipinski definition) is 3. The van der Waals surface area contributed by atoms with Gasteiger partial charge < -0.3 is 15.4 Å². The summed E-state index contributed by atoms with van der Waals surface area (Å²) in [6, 6.07) is 10.4. The van der Waals surface area contributed by atoms with Gasteiger partial charge in [-0.25, -0.2) is 0 Å². The Bertz CT molecular complexity index is 932. The molecular weight excluding hydrogens is 296 g/mol. The van der Waals surface area contributed by atoms with Crippen molar-refractivity contribution >= 4 is 34.1 Å². The molecule has 4 rings (SSSR count). The molecule has 0 spiro atoms. The molecular formula is C16H12N4O3. The van der Waals surface area contributed by atoms with Crippen LogP contribution in [0.4, 0.5) is 11.4 Å². The molecule has 114 valence electrons. The minimum absolute atomic E-state index is 0.0112.